The highest BCUT2D eigenvalue weighted by Gasteiger charge is 2.09. The Kier molecular flexibility index (Phi) is 10.0. The van der Waals surface area contributed by atoms with Gasteiger partial charge in [-0.05, 0) is 49.9 Å². The van der Waals surface area contributed by atoms with E-state index in [9.17, 15) is 0 Å². The van der Waals surface area contributed by atoms with E-state index in [4.69, 9.17) is 4.99 Å². The molecule has 0 saturated carbocycles. The van der Waals surface area contributed by atoms with Crippen LogP contribution in [0, 0.1) is 19.8 Å². The van der Waals surface area contributed by atoms with Crippen molar-refractivity contribution in [3.05, 3.63) is 71.3 Å². The van der Waals surface area contributed by atoms with Gasteiger partial charge in [-0.15, -0.1) is 24.0 Å². The van der Waals surface area contributed by atoms with Gasteiger partial charge in [-0.1, -0.05) is 31.2 Å². The monoisotopic (exact) mass is 535 g/mol. The molecule has 2 N–H and O–H groups in total. The van der Waals surface area contributed by atoms with Gasteiger partial charge in [0.05, 0.1) is 18.8 Å². The molecule has 0 aliphatic carbocycles. The summed E-state index contributed by atoms with van der Waals surface area (Å²) in [4.78, 5) is 4.82. The summed E-state index contributed by atoms with van der Waals surface area (Å²) in [5.41, 5.74) is 4.71. The maximum atomic E-state index is 4.82. The van der Waals surface area contributed by atoms with Gasteiger partial charge in [0.2, 0.25) is 0 Å². The van der Waals surface area contributed by atoms with Crippen LogP contribution in [0.5, 0.6) is 0 Å². The fraction of sp³-hybridized carbons (Fsp3) is 0.435. The first-order valence-electron chi connectivity index (χ1n) is 10.6. The van der Waals surface area contributed by atoms with Crippen molar-refractivity contribution in [3.63, 3.8) is 0 Å². The molecule has 1 aromatic carbocycles. The molecule has 168 valence electrons. The van der Waals surface area contributed by atoms with Crippen LogP contribution >= 0.6 is 24.0 Å². The Labute approximate surface area is 202 Å². The fourth-order valence-electron chi connectivity index (χ4n) is 3.43. The molecule has 0 aliphatic rings. The van der Waals surface area contributed by atoms with Crippen LogP contribution in [0.25, 0.3) is 0 Å². The molecule has 0 amide bonds. The van der Waals surface area contributed by atoms with E-state index in [1.807, 2.05) is 23.9 Å². The predicted octanol–water partition coefficient (Wildman–Crippen LogP) is 3.75. The summed E-state index contributed by atoms with van der Waals surface area (Å²) in [5, 5.41) is 15.7. The van der Waals surface area contributed by atoms with Gasteiger partial charge in [0, 0.05) is 37.7 Å². The quantitative estimate of drug-likeness (QED) is 0.249. The molecule has 2 heterocycles. The third-order valence-corrected chi connectivity index (χ3v) is 4.97. The second-order valence-electron chi connectivity index (χ2n) is 7.76. The highest BCUT2D eigenvalue weighted by atomic mass is 127. The second kappa shape index (κ2) is 12.5. The SMILES string of the molecule is CCNC(=NCc1ccccc1Cn1cccn1)NCC(C)Cn1nc(C)cc1C.I. The Hall–Kier alpha value is -2.36. The molecule has 0 spiro atoms. The van der Waals surface area contributed by atoms with Crippen molar-refractivity contribution in [2.24, 2.45) is 10.9 Å². The summed E-state index contributed by atoms with van der Waals surface area (Å²) >= 11 is 0. The lowest BCUT2D eigenvalue weighted by Gasteiger charge is -2.17. The van der Waals surface area contributed by atoms with Gasteiger partial charge in [0.25, 0.3) is 0 Å². The van der Waals surface area contributed by atoms with E-state index in [1.165, 1.54) is 16.8 Å². The Balaban J connectivity index is 0.00000341. The van der Waals surface area contributed by atoms with Crippen LogP contribution < -0.4 is 10.6 Å². The van der Waals surface area contributed by atoms with Gasteiger partial charge >= 0.3 is 0 Å². The maximum Gasteiger partial charge on any atom is 0.191 e. The van der Waals surface area contributed by atoms with Crippen LogP contribution in [0.1, 0.15) is 36.4 Å². The smallest absolute Gasteiger partial charge is 0.191 e. The lowest BCUT2D eigenvalue weighted by molar-refractivity contribution is 0.436. The van der Waals surface area contributed by atoms with E-state index >= 15 is 0 Å². The van der Waals surface area contributed by atoms with Gasteiger partial charge < -0.3 is 10.6 Å². The summed E-state index contributed by atoms with van der Waals surface area (Å²) < 4.78 is 4.02. The lowest BCUT2D eigenvalue weighted by Crippen LogP contribution is -2.40. The zero-order chi connectivity index (χ0) is 21.3. The molecule has 8 heteroatoms. The molecular weight excluding hydrogens is 501 g/mol. The summed E-state index contributed by atoms with van der Waals surface area (Å²) in [6.07, 6.45) is 3.79. The number of benzene rings is 1. The van der Waals surface area contributed by atoms with Crippen LogP contribution in [-0.2, 0) is 19.6 Å². The number of hydrogen-bond donors (Lipinski definition) is 2. The molecule has 2 aromatic heterocycles. The van der Waals surface area contributed by atoms with E-state index in [0.29, 0.717) is 12.5 Å². The van der Waals surface area contributed by atoms with Crippen molar-refractivity contribution in [2.45, 2.75) is 47.3 Å². The van der Waals surface area contributed by atoms with Crippen LogP contribution in [-0.4, -0.2) is 38.6 Å². The average Bonchev–Trinajstić information content (AvgIpc) is 3.34. The molecule has 0 radical (unpaired) electrons. The number of hydrogen-bond acceptors (Lipinski definition) is 3. The summed E-state index contributed by atoms with van der Waals surface area (Å²) in [7, 11) is 0. The van der Waals surface area contributed by atoms with Crippen molar-refractivity contribution in [1.82, 2.24) is 30.2 Å². The van der Waals surface area contributed by atoms with Crippen LogP contribution in [0.2, 0.25) is 0 Å². The number of rotatable bonds is 9. The largest absolute Gasteiger partial charge is 0.357 e. The molecule has 0 fully saturated rings. The number of halogens is 1. The molecule has 3 rings (SSSR count). The van der Waals surface area contributed by atoms with E-state index in [-0.39, 0.29) is 24.0 Å². The number of nitrogens with one attached hydrogen (secondary N) is 2. The zero-order valence-corrected chi connectivity index (χ0v) is 21.2. The lowest BCUT2D eigenvalue weighted by atomic mass is 10.1. The van der Waals surface area contributed by atoms with Gasteiger partial charge in [-0.3, -0.25) is 9.36 Å². The molecule has 31 heavy (non-hydrogen) atoms. The second-order valence-corrected chi connectivity index (χ2v) is 7.76. The number of aryl methyl sites for hydroxylation is 2. The molecule has 0 saturated heterocycles. The molecule has 1 unspecified atom stereocenters. The minimum absolute atomic E-state index is 0. The van der Waals surface area contributed by atoms with Gasteiger partial charge in [-0.2, -0.15) is 10.2 Å². The van der Waals surface area contributed by atoms with Crippen molar-refractivity contribution in [1.29, 1.82) is 0 Å². The van der Waals surface area contributed by atoms with Crippen molar-refractivity contribution in [2.75, 3.05) is 13.1 Å². The topological polar surface area (TPSA) is 72.1 Å². The van der Waals surface area contributed by atoms with Crippen molar-refractivity contribution in [3.8, 4) is 0 Å². The first kappa shape index (κ1) is 24.9. The first-order valence-corrected chi connectivity index (χ1v) is 10.6. The van der Waals surface area contributed by atoms with E-state index in [1.54, 1.807) is 6.20 Å². The van der Waals surface area contributed by atoms with E-state index in [2.05, 4.69) is 76.6 Å². The van der Waals surface area contributed by atoms with Gasteiger partial charge in [-0.25, -0.2) is 4.99 Å². The number of aromatic nitrogens is 4. The van der Waals surface area contributed by atoms with Crippen LogP contribution in [0.15, 0.2) is 53.8 Å². The third-order valence-electron chi connectivity index (χ3n) is 4.97. The normalized spacial score (nSPS) is 12.3. The van der Waals surface area contributed by atoms with Crippen molar-refractivity contribution < 1.29 is 0 Å². The molecule has 1 atom stereocenters. The van der Waals surface area contributed by atoms with Crippen molar-refractivity contribution >= 4 is 29.9 Å². The zero-order valence-electron chi connectivity index (χ0n) is 18.9. The Morgan fingerprint density at radius 1 is 1.13 bits per heavy atom. The highest BCUT2D eigenvalue weighted by Crippen LogP contribution is 2.12. The van der Waals surface area contributed by atoms with Gasteiger partial charge in [0.15, 0.2) is 5.96 Å². The van der Waals surface area contributed by atoms with Crippen LogP contribution in [0.3, 0.4) is 0 Å². The Morgan fingerprint density at radius 2 is 1.90 bits per heavy atom. The standard InChI is InChI=1S/C23H33N7.HI/c1-5-24-23(25-14-18(2)16-30-20(4)13-19(3)28-30)26-15-21-9-6-7-10-22(21)17-29-12-8-11-27-29;/h6-13,18H,5,14-17H2,1-4H3,(H2,24,25,26);1H. The van der Waals surface area contributed by atoms with E-state index in [0.717, 1.165) is 37.8 Å². The minimum Gasteiger partial charge on any atom is -0.357 e. The molecule has 7 nitrogen and oxygen atoms in total. The fourth-order valence-corrected chi connectivity index (χ4v) is 3.43. The predicted molar refractivity (Wildman–Crippen MR) is 137 cm³/mol. The summed E-state index contributed by atoms with van der Waals surface area (Å²) in [5.74, 6) is 1.27. The molecular formula is C23H34IN7. The van der Waals surface area contributed by atoms with Gasteiger partial charge in [0.1, 0.15) is 0 Å². The Bertz CT molecular complexity index is 947. The number of guanidine groups is 1. The average molecular weight is 535 g/mol. The number of aliphatic imine (C=N–C) groups is 1. The molecule has 3 aromatic rings. The maximum absolute atomic E-state index is 4.82. The van der Waals surface area contributed by atoms with Crippen LogP contribution in [0.4, 0.5) is 0 Å². The summed E-state index contributed by atoms with van der Waals surface area (Å²) in [6.45, 7) is 12.4. The molecule has 0 aliphatic heterocycles. The molecule has 0 bridgehead atoms. The number of nitrogens with zero attached hydrogens (tertiary/aromatic N) is 5. The van der Waals surface area contributed by atoms with E-state index < -0.39 is 0 Å². The first-order chi connectivity index (χ1) is 14.5. The Morgan fingerprint density at radius 3 is 2.55 bits per heavy atom. The highest BCUT2D eigenvalue weighted by molar-refractivity contribution is 14.0. The summed E-state index contributed by atoms with van der Waals surface area (Å²) in [6, 6.07) is 12.5. The minimum atomic E-state index is 0. The third kappa shape index (κ3) is 7.68.